The zero-order chi connectivity index (χ0) is 16.8. The summed E-state index contributed by atoms with van der Waals surface area (Å²) in [5.74, 6) is 1.27. The molecule has 6 nitrogen and oxygen atoms in total. The Hall–Kier alpha value is -1.99. The fourth-order valence-electron chi connectivity index (χ4n) is 3.01. The number of hydrogen-bond acceptors (Lipinski definition) is 6. The Morgan fingerprint density at radius 3 is 2.92 bits per heavy atom. The van der Waals surface area contributed by atoms with Crippen molar-refractivity contribution in [3.8, 4) is 5.75 Å². The van der Waals surface area contributed by atoms with Crippen molar-refractivity contribution < 1.29 is 18.8 Å². The molecule has 1 aliphatic rings. The Kier molecular flexibility index (Phi) is 5.77. The minimum Gasteiger partial charge on any atom is -0.485 e. The van der Waals surface area contributed by atoms with Crippen molar-refractivity contribution in [3.63, 3.8) is 0 Å². The lowest BCUT2D eigenvalue weighted by atomic mass is 10.00. The van der Waals surface area contributed by atoms with Gasteiger partial charge in [0.15, 0.2) is 6.61 Å². The molecule has 1 aromatic heterocycles. The smallest absolute Gasteiger partial charge is 0.240 e. The monoisotopic (exact) mass is 335 g/mol. The maximum atomic E-state index is 12.8. The van der Waals surface area contributed by atoms with Crippen molar-refractivity contribution in [1.29, 1.82) is 0 Å². The van der Waals surface area contributed by atoms with Crippen molar-refractivity contribution in [1.82, 2.24) is 15.0 Å². The zero-order valence-corrected chi connectivity index (χ0v) is 13.5. The van der Waals surface area contributed by atoms with E-state index >= 15 is 0 Å². The van der Waals surface area contributed by atoms with E-state index in [1.165, 1.54) is 18.6 Å². The maximum absolute atomic E-state index is 12.8. The highest BCUT2D eigenvalue weighted by Gasteiger charge is 2.23. The largest absolute Gasteiger partial charge is 0.485 e. The van der Waals surface area contributed by atoms with Gasteiger partial charge in [-0.15, -0.1) is 0 Å². The van der Waals surface area contributed by atoms with E-state index in [-0.39, 0.29) is 19.0 Å². The second-order valence-electron chi connectivity index (χ2n) is 5.98. The lowest BCUT2D eigenvalue weighted by molar-refractivity contribution is 0.100. The fourth-order valence-corrected chi connectivity index (χ4v) is 3.01. The number of aromatic nitrogens is 2. The van der Waals surface area contributed by atoms with E-state index in [4.69, 9.17) is 9.26 Å². The van der Waals surface area contributed by atoms with E-state index in [1.807, 2.05) is 0 Å². The van der Waals surface area contributed by atoms with E-state index in [9.17, 15) is 9.50 Å². The van der Waals surface area contributed by atoms with Gasteiger partial charge in [0.2, 0.25) is 11.7 Å². The molecule has 24 heavy (non-hydrogen) atoms. The third kappa shape index (κ3) is 4.52. The third-order valence-corrected chi connectivity index (χ3v) is 4.24. The van der Waals surface area contributed by atoms with Crippen LogP contribution in [0, 0.1) is 5.82 Å². The molecule has 130 valence electrons. The Bertz CT molecular complexity index is 630. The predicted octanol–water partition coefficient (Wildman–Crippen LogP) is 2.52. The number of nitrogens with zero attached hydrogens (tertiary/aromatic N) is 3. The van der Waals surface area contributed by atoms with Gasteiger partial charge in [-0.3, -0.25) is 4.90 Å². The third-order valence-electron chi connectivity index (χ3n) is 4.24. The Morgan fingerprint density at radius 2 is 2.12 bits per heavy atom. The van der Waals surface area contributed by atoms with E-state index in [2.05, 4.69) is 15.0 Å². The van der Waals surface area contributed by atoms with Gasteiger partial charge < -0.3 is 14.4 Å². The summed E-state index contributed by atoms with van der Waals surface area (Å²) in [7, 11) is 0. The van der Waals surface area contributed by atoms with Crippen LogP contribution in [0.25, 0.3) is 0 Å². The Morgan fingerprint density at radius 1 is 1.29 bits per heavy atom. The van der Waals surface area contributed by atoms with Crippen molar-refractivity contribution >= 4 is 0 Å². The number of aliphatic hydroxyl groups excluding tert-OH is 1. The molecule has 2 heterocycles. The number of ether oxygens (including phenoxy) is 1. The molecule has 0 spiro atoms. The highest BCUT2D eigenvalue weighted by atomic mass is 19.1. The molecule has 1 aromatic carbocycles. The standard InChI is InChI=1S/C17H22FN3O3/c18-13-4-6-15(7-5-13)23-12-16-19-17(24-20-16)11-21-9-2-1-3-14(21)8-10-22/h4-7,14,22H,1-3,8-12H2. The molecule has 0 saturated carbocycles. The van der Waals surface area contributed by atoms with Gasteiger partial charge in [-0.25, -0.2) is 4.39 Å². The summed E-state index contributed by atoms with van der Waals surface area (Å²) >= 11 is 0. The van der Waals surface area contributed by atoms with Crippen LogP contribution in [0.1, 0.15) is 37.4 Å². The summed E-state index contributed by atoms with van der Waals surface area (Å²) in [5, 5.41) is 13.1. The van der Waals surface area contributed by atoms with E-state index in [1.54, 1.807) is 12.1 Å². The van der Waals surface area contributed by atoms with Crippen LogP contribution in [0.2, 0.25) is 0 Å². The first-order valence-corrected chi connectivity index (χ1v) is 8.29. The van der Waals surface area contributed by atoms with Gasteiger partial charge in [0.05, 0.1) is 6.54 Å². The molecule has 1 aliphatic heterocycles. The quantitative estimate of drug-likeness (QED) is 0.838. The number of benzene rings is 1. The topological polar surface area (TPSA) is 71.6 Å². The highest BCUT2D eigenvalue weighted by molar-refractivity contribution is 5.22. The van der Waals surface area contributed by atoms with Gasteiger partial charge in [0.25, 0.3) is 0 Å². The SMILES string of the molecule is OCCC1CCCCN1Cc1nc(COc2ccc(F)cc2)no1. The molecule has 7 heteroatoms. The summed E-state index contributed by atoms with van der Waals surface area (Å²) in [5.41, 5.74) is 0. The van der Waals surface area contributed by atoms with Crippen LogP contribution in [-0.2, 0) is 13.2 Å². The van der Waals surface area contributed by atoms with Crippen LogP contribution < -0.4 is 4.74 Å². The van der Waals surface area contributed by atoms with E-state index in [0.717, 1.165) is 25.8 Å². The summed E-state index contributed by atoms with van der Waals surface area (Å²) in [6.07, 6.45) is 4.21. The van der Waals surface area contributed by atoms with Gasteiger partial charge in [-0.05, 0) is 50.1 Å². The van der Waals surface area contributed by atoms with Crippen molar-refractivity contribution in [2.24, 2.45) is 0 Å². The first kappa shape index (κ1) is 16.9. The summed E-state index contributed by atoms with van der Waals surface area (Å²) < 4.78 is 23.7. The lowest BCUT2D eigenvalue weighted by Gasteiger charge is -2.34. The predicted molar refractivity (Wildman–Crippen MR) is 84.8 cm³/mol. The fraction of sp³-hybridized carbons (Fsp3) is 0.529. The number of halogens is 1. The maximum Gasteiger partial charge on any atom is 0.240 e. The minimum atomic E-state index is -0.303. The second-order valence-corrected chi connectivity index (χ2v) is 5.98. The molecule has 1 fully saturated rings. The lowest BCUT2D eigenvalue weighted by Crippen LogP contribution is -2.39. The summed E-state index contributed by atoms with van der Waals surface area (Å²) in [6.45, 7) is 1.94. The molecular formula is C17H22FN3O3. The van der Waals surface area contributed by atoms with E-state index in [0.29, 0.717) is 30.1 Å². The molecule has 0 radical (unpaired) electrons. The number of likely N-dealkylation sites (tertiary alicyclic amines) is 1. The summed E-state index contributed by atoms with van der Waals surface area (Å²) in [6, 6.07) is 6.17. The first-order chi connectivity index (χ1) is 11.7. The van der Waals surface area contributed by atoms with Crippen molar-refractivity contribution in [2.75, 3.05) is 13.2 Å². The first-order valence-electron chi connectivity index (χ1n) is 8.29. The molecule has 0 bridgehead atoms. The minimum absolute atomic E-state index is 0.176. The number of aliphatic hydroxyl groups is 1. The van der Waals surface area contributed by atoms with Crippen molar-refractivity contribution in [3.05, 3.63) is 41.8 Å². The Labute approximate surface area is 140 Å². The van der Waals surface area contributed by atoms with Crippen LogP contribution in [0.5, 0.6) is 5.75 Å². The molecule has 1 unspecified atom stereocenters. The molecule has 2 aromatic rings. The highest BCUT2D eigenvalue weighted by Crippen LogP contribution is 2.21. The molecule has 1 saturated heterocycles. The van der Waals surface area contributed by atoms with Crippen LogP contribution in [0.15, 0.2) is 28.8 Å². The van der Waals surface area contributed by atoms with Crippen LogP contribution >= 0.6 is 0 Å². The van der Waals surface area contributed by atoms with E-state index < -0.39 is 0 Å². The van der Waals surface area contributed by atoms with Gasteiger partial charge in [0, 0.05) is 12.6 Å². The molecule has 0 aliphatic carbocycles. The Balaban J connectivity index is 1.53. The van der Waals surface area contributed by atoms with Gasteiger partial charge >= 0.3 is 0 Å². The van der Waals surface area contributed by atoms with Crippen molar-refractivity contribution in [2.45, 2.75) is 44.9 Å². The average molecular weight is 335 g/mol. The zero-order valence-electron chi connectivity index (χ0n) is 13.5. The second kappa shape index (κ2) is 8.21. The number of rotatable bonds is 7. The van der Waals surface area contributed by atoms with Gasteiger partial charge in [-0.2, -0.15) is 4.98 Å². The average Bonchev–Trinajstić information content (AvgIpc) is 3.04. The molecule has 3 rings (SSSR count). The normalized spacial score (nSPS) is 18.7. The number of piperidine rings is 1. The molecule has 1 N–H and O–H groups in total. The molecule has 0 amide bonds. The van der Waals surface area contributed by atoms with Crippen LogP contribution in [-0.4, -0.2) is 39.3 Å². The van der Waals surface area contributed by atoms with Gasteiger partial charge in [-0.1, -0.05) is 11.6 Å². The summed E-state index contributed by atoms with van der Waals surface area (Å²) in [4.78, 5) is 6.64. The molecular weight excluding hydrogens is 313 g/mol. The van der Waals surface area contributed by atoms with Crippen LogP contribution in [0.4, 0.5) is 4.39 Å². The number of hydrogen-bond donors (Lipinski definition) is 1. The van der Waals surface area contributed by atoms with Gasteiger partial charge in [0.1, 0.15) is 11.6 Å². The molecule has 1 atom stereocenters. The van der Waals surface area contributed by atoms with Crippen LogP contribution in [0.3, 0.4) is 0 Å².